The van der Waals surface area contributed by atoms with Gasteiger partial charge in [0.15, 0.2) is 0 Å². The van der Waals surface area contributed by atoms with Gasteiger partial charge >= 0.3 is 0 Å². The quantitative estimate of drug-likeness (QED) is 0.840. The number of hydrogen-bond acceptors (Lipinski definition) is 4. The highest BCUT2D eigenvalue weighted by molar-refractivity contribution is 5.96. The first-order valence-electron chi connectivity index (χ1n) is 9.20. The van der Waals surface area contributed by atoms with Crippen molar-refractivity contribution in [3.8, 4) is 5.75 Å². The van der Waals surface area contributed by atoms with Crippen molar-refractivity contribution < 1.29 is 14.3 Å². The smallest absolute Gasteiger partial charge is 0.254 e. The van der Waals surface area contributed by atoms with Gasteiger partial charge in [-0.25, -0.2) is 0 Å². The molecule has 4 rings (SSSR count). The van der Waals surface area contributed by atoms with E-state index in [2.05, 4.69) is 19.0 Å². The highest BCUT2D eigenvalue weighted by atomic mass is 16.5. The van der Waals surface area contributed by atoms with Crippen molar-refractivity contribution in [1.29, 1.82) is 0 Å². The van der Waals surface area contributed by atoms with Gasteiger partial charge < -0.3 is 19.3 Å². The van der Waals surface area contributed by atoms with E-state index in [0.717, 1.165) is 49.4 Å². The van der Waals surface area contributed by atoms with Crippen molar-refractivity contribution in [1.82, 2.24) is 9.80 Å². The van der Waals surface area contributed by atoms with Crippen LogP contribution in [0, 0.1) is 18.8 Å². The number of nitrogens with zero attached hydrogens (tertiary/aromatic N) is 2. The van der Waals surface area contributed by atoms with E-state index in [-0.39, 0.29) is 11.5 Å². The first-order valence-corrected chi connectivity index (χ1v) is 9.20. The van der Waals surface area contributed by atoms with Crippen molar-refractivity contribution in [3.63, 3.8) is 0 Å². The summed E-state index contributed by atoms with van der Waals surface area (Å²) in [7, 11) is 5.89. The summed E-state index contributed by atoms with van der Waals surface area (Å²) in [4.78, 5) is 17.4. The summed E-state index contributed by atoms with van der Waals surface area (Å²) in [5.41, 5.74) is 1.56. The molecule has 3 aliphatic rings. The van der Waals surface area contributed by atoms with Gasteiger partial charge in [0.25, 0.3) is 5.91 Å². The van der Waals surface area contributed by atoms with Gasteiger partial charge in [0, 0.05) is 36.1 Å². The minimum atomic E-state index is -0.103. The molecule has 0 radical (unpaired) electrons. The molecule has 25 heavy (non-hydrogen) atoms. The Kier molecular flexibility index (Phi) is 4.04. The minimum absolute atomic E-state index is 0.103. The Bertz CT molecular complexity index is 690. The van der Waals surface area contributed by atoms with Crippen LogP contribution >= 0.6 is 0 Å². The predicted octanol–water partition coefficient (Wildman–Crippen LogP) is 2.18. The fourth-order valence-electron chi connectivity index (χ4n) is 5.25. The molecular weight excluding hydrogens is 316 g/mol. The van der Waals surface area contributed by atoms with Crippen LogP contribution in [0.4, 0.5) is 0 Å². The lowest BCUT2D eigenvalue weighted by atomic mass is 9.73. The summed E-state index contributed by atoms with van der Waals surface area (Å²) in [6, 6.07) is 5.70. The third kappa shape index (κ3) is 2.56. The first-order chi connectivity index (χ1) is 11.9. The van der Waals surface area contributed by atoms with Crippen LogP contribution < -0.4 is 4.74 Å². The number of methoxy groups -OCH3 is 1. The Morgan fingerprint density at radius 2 is 2.24 bits per heavy atom. The molecule has 0 aromatic heterocycles. The van der Waals surface area contributed by atoms with Gasteiger partial charge in [-0.2, -0.15) is 0 Å². The van der Waals surface area contributed by atoms with Crippen molar-refractivity contribution in [2.24, 2.45) is 11.8 Å². The molecule has 2 bridgehead atoms. The Hall–Kier alpha value is -1.59. The van der Waals surface area contributed by atoms with Gasteiger partial charge in [0.05, 0.1) is 25.4 Å². The Morgan fingerprint density at radius 1 is 1.44 bits per heavy atom. The van der Waals surface area contributed by atoms with Crippen molar-refractivity contribution in [2.75, 3.05) is 40.8 Å². The standard InChI is InChI=1S/C20H28N2O3/c1-13-14(6-5-7-17(13)24-4)19(23)22-11-16-15(10-21(2)3)18-8-9-20(16,12-22)25-18/h5-7,15-16,18H,8-12H2,1-4H3/t15-,16+,18+,20+/m0/s1. The van der Waals surface area contributed by atoms with Gasteiger partial charge in [-0.15, -0.1) is 0 Å². The molecular formula is C20H28N2O3. The van der Waals surface area contributed by atoms with Crippen LogP contribution in [0.15, 0.2) is 18.2 Å². The van der Waals surface area contributed by atoms with Crippen LogP contribution in [0.3, 0.4) is 0 Å². The van der Waals surface area contributed by atoms with E-state index in [1.165, 1.54) is 0 Å². The molecule has 136 valence electrons. The number of fused-ring (bicyclic) bond motifs is 1. The van der Waals surface area contributed by atoms with Crippen molar-refractivity contribution in [3.05, 3.63) is 29.3 Å². The van der Waals surface area contributed by atoms with E-state index in [1.54, 1.807) is 7.11 Å². The maximum Gasteiger partial charge on any atom is 0.254 e. The topological polar surface area (TPSA) is 42.0 Å². The Balaban J connectivity index is 1.57. The number of likely N-dealkylation sites (tertiary alicyclic amines) is 1. The van der Waals surface area contributed by atoms with Gasteiger partial charge in [0.2, 0.25) is 0 Å². The lowest BCUT2D eigenvalue weighted by molar-refractivity contribution is 0.00255. The van der Waals surface area contributed by atoms with E-state index in [1.807, 2.05) is 30.0 Å². The maximum absolute atomic E-state index is 13.2. The first kappa shape index (κ1) is 16.9. The normalized spacial score (nSPS) is 33.2. The summed E-state index contributed by atoms with van der Waals surface area (Å²) >= 11 is 0. The van der Waals surface area contributed by atoms with Crippen LogP contribution in [0.25, 0.3) is 0 Å². The third-order valence-electron chi connectivity index (χ3n) is 6.38. The molecule has 3 aliphatic heterocycles. The van der Waals surface area contributed by atoms with Gasteiger partial charge in [-0.3, -0.25) is 4.79 Å². The highest BCUT2D eigenvalue weighted by Gasteiger charge is 2.63. The SMILES string of the molecule is COc1cccc(C(=O)N2C[C@@H]3[C@H](CN(C)C)[C@H]4CC[C@]3(C2)O4)c1C. The second kappa shape index (κ2) is 5.99. The lowest BCUT2D eigenvalue weighted by Gasteiger charge is -2.30. The van der Waals surface area contributed by atoms with Crippen LogP contribution in [0.2, 0.25) is 0 Å². The minimum Gasteiger partial charge on any atom is -0.496 e. The number of carbonyl (C=O) groups excluding carboxylic acids is 1. The maximum atomic E-state index is 13.2. The number of rotatable bonds is 4. The van der Waals surface area contributed by atoms with Crippen LogP contribution in [0.5, 0.6) is 5.75 Å². The second-order valence-corrected chi connectivity index (χ2v) is 8.11. The average molecular weight is 344 g/mol. The van der Waals surface area contributed by atoms with E-state index in [0.29, 0.717) is 17.9 Å². The molecule has 5 heteroatoms. The fraction of sp³-hybridized carbons (Fsp3) is 0.650. The average Bonchev–Trinajstić information content (AvgIpc) is 3.24. The zero-order valence-electron chi connectivity index (χ0n) is 15.6. The molecule has 0 unspecified atom stereocenters. The van der Waals surface area contributed by atoms with E-state index in [4.69, 9.17) is 9.47 Å². The molecule has 0 aliphatic carbocycles. The number of benzene rings is 1. The molecule has 3 saturated heterocycles. The van der Waals surface area contributed by atoms with E-state index >= 15 is 0 Å². The highest BCUT2D eigenvalue weighted by Crippen LogP contribution is 2.55. The third-order valence-corrected chi connectivity index (χ3v) is 6.38. The van der Waals surface area contributed by atoms with Crippen LogP contribution in [-0.4, -0.2) is 68.3 Å². The monoisotopic (exact) mass is 344 g/mol. The van der Waals surface area contributed by atoms with Crippen LogP contribution in [-0.2, 0) is 4.74 Å². The Morgan fingerprint density at radius 3 is 2.96 bits per heavy atom. The zero-order chi connectivity index (χ0) is 17.8. The van der Waals surface area contributed by atoms with Crippen molar-refractivity contribution >= 4 is 5.91 Å². The molecule has 3 fully saturated rings. The molecule has 1 aromatic rings. The molecule has 1 amide bonds. The van der Waals surface area contributed by atoms with E-state index < -0.39 is 0 Å². The molecule has 3 heterocycles. The molecule has 4 atom stereocenters. The molecule has 5 nitrogen and oxygen atoms in total. The van der Waals surface area contributed by atoms with Gasteiger partial charge in [0.1, 0.15) is 5.75 Å². The lowest BCUT2D eigenvalue weighted by Crippen LogP contribution is -2.40. The molecule has 0 saturated carbocycles. The van der Waals surface area contributed by atoms with Gasteiger partial charge in [-0.05, 0) is 46.0 Å². The number of carbonyl (C=O) groups is 1. The summed E-state index contributed by atoms with van der Waals surface area (Å²) in [6.07, 6.45) is 2.60. The second-order valence-electron chi connectivity index (χ2n) is 8.11. The predicted molar refractivity (Wildman–Crippen MR) is 96.0 cm³/mol. The summed E-state index contributed by atoms with van der Waals surface area (Å²) in [5, 5.41) is 0. The molecule has 1 spiro atoms. The number of hydrogen-bond donors (Lipinski definition) is 0. The Labute approximate surface area is 149 Å². The number of amides is 1. The zero-order valence-corrected chi connectivity index (χ0v) is 15.6. The summed E-state index contributed by atoms with van der Waals surface area (Å²) in [5.74, 6) is 1.87. The molecule has 1 aromatic carbocycles. The number of ether oxygens (including phenoxy) is 2. The fourth-order valence-corrected chi connectivity index (χ4v) is 5.25. The summed E-state index contributed by atoms with van der Waals surface area (Å²) in [6.45, 7) is 4.54. The van der Waals surface area contributed by atoms with Gasteiger partial charge in [-0.1, -0.05) is 6.07 Å². The summed E-state index contributed by atoms with van der Waals surface area (Å²) < 4.78 is 11.8. The van der Waals surface area contributed by atoms with Crippen molar-refractivity contribution in [2.45, 2.75) is 31.5 Å². The largest absolute Gasteiger partial charge is 0.496 e. The van der Waals surface area contributed by atoms with Crippen LogP contribution in [0.1, 0.15) is 28.8 Å². The molecule has 0 N–H and O–H groups in total. The van der Waals surface area contributed by atoms with E-state index in [9.17, 15) is 4.79 Å².